The molecular formula is C23H28Cl2N2O3S. The molecule has 31 heavy (non-hydrogen) atoms. The number of methoxy groups -OCH3 is 1. The van der Waals surface area contributed by atoms with E-state index in [1.54, 1.807) is 37.1 Å². The van der Waals surface area contributed by atoms with Crippen LogP contribution < -0.4 is 10.1 Å². The molecule has 0 aliphatic rings. The highest BCUT2D eigenvalue weighted by atomic mass is 35.5. The van der Waals surface area contributed by atoms with E-state index in [1.807, 2.05) is 31.2 Å². The maximum absolute atomic E-state index is 13.1. The number of hydrogen-bond donors (Lipinski definition) is 1. The molecule has 8 heteroatoms. The van der Waals surface area contributed by atoms with Gasteiger partial charge < -0.3 is 15.0 Å². The number of benzene rings is 2. The van der Waals surface area contributed by atoms with Crippen molar-refractivity contribution in [1.82, 2.24) is 10.2 Å². The third-order valence-corrected chi connectivity index (χ3v) is 6.30. The first-order chi connectivity index (χ1) is 14.8. The van der Waals surface area contributed by atoms with Gasteiger partial charge in [-0.05, 0) is 48.7 Å². The zero-order chi connectivity index (χ0) is 22.8. The fraction of sp³-hybridized carbons (Fsp3) is 0.391. The molecule has 5 nitrogen and oxygen atoms in total. The Morgan fingerprint density at radius 3 is 2.48 bits per heavy atom. The standard InChI is InChI=1S/C23H28Cl2N2O3S/c1-4-11-26-23(29)16(2)27(13-18-7-8-19(24)12-21(18)25)22(28)15-31-14-17-5-9-20(30-3)10-6-17/h5-10,12,16H,4,11,13-15H2,1-3H3,(H,26,29)/t16-/m1/s1. The second kappa shape index (κ2) is 12.8. The topological polar surface area (TPSA) is 58.6 Å². The molecule has 0 spiro atoms. The predicted molar refractivity (Wildman–Crippen MR) is 129 cm³/mol. The number of nitrogens with zero attached hydrogens (tertiary/aromatic N) is 1. The third kappa shape index (κ3) is 7.95. The van der Waals surface area contributed by atoms with Gasteiger partial charge in [-0.1, -0.05) is 48.3 Å². The van der Waals surface area contributed by atoms with Crippen molar-refractivity contribution in [2.45, 2.75) is 38.6 Å². The first kappa shape index (κ1) is 25.4. The van der Waals surface area contributed by atoms with E-state index in [0.29, 0.717) is 22.3 Å². The van der Waals surface area contributed by atoms with Gasteiger partial charge in [0.1, 0.15) is 11.8 Å². The van der Waals surface area contributed by atoms with Crippen LogP contribution in [0.5, 0.6) is 5.75 Å². The van der Waals surface area contributed by atoms with Gasteiger partial charge in [-0.2, -0.15) is 0 Å². The van der Waals surface area contributed by atoms with Gasteiger partial charge in [0.05, 0.1) is 12.9 Å². The number of halogens is 2. The Hall–Kier alpha value is -1.89. The van der Waals surface area contributed by atoms with Crippen molar-refractivity contribution in [2.24, 2.45) is 0 Å². The van der Waals surface area contributed by atoms with Crippen molar-refractivity contribution in [3.05, 3.63) is 63.6 Å². The summed E-state index contributed by atoms with van der Waals surface area (Å²) in [6.07, 6.45) is 0.827. The average Bonchev–Trinajstić information content (AvgIpc) is 2.76. The lowest BCUT2D eigenvalue weighted by atomic mass is 10.1. The Bertz CT molecular complexity index is 878. The molecule has 168 valence electrons. The van der Waals surface area contributed by atoms with E-state index < -0.39 is 6.04 Å². The molecule has 0 bridgehead atoms. The van der Waals surface area contributed by atoms with Gasteiger partial charge >= 0.3 is 0 Å². The minimum Gasteiger partial charge on any atom is -0.497 e. The van der Waals surface area contributed by atoms with Crippen LogP contribution in [0.25, 0.3) is 0 Å². The van der Waals surface area contributed by atoms with Crippen LogP contribution in [-0.2, 0) is 21.9 Å². The van der Waals surface area contributed by atoms with E-state index in [9.17, 15) is 9.59 Å². The molecule has 1 N–H and O–H groups in total. The van der Waals surface area contributed by atoms with E-state index in [0.717, 1.165) is 23.3 Å². The normalized spacial score (nSPS) is 11.6. The van der Waals surface area contributed by atoms with Gasteiger partial charge in [0, 0.05) is 28.9 Å². The fourth-order valence-corrected chi connectivity index (χ4v) is 4.21. The Balaban J connectivity index is 2.07. The minimum absolute atomic E-state index is 0.122. The molecule has 0 radical (unpaired) electrons. The highest BCUT2D eigenvalue weighted by molar-refractivity contribution is 7.99. The van der Waals surface area contributed by atoms with E-state index in [4.69, 9.17) is 27.9 Å². The van der Waals surface area contributed by atoms with Crippen molar-refractivity contribution >= 4 is 46.8 Å². The average molecular weight is 483 g/mol. The van der Waals surface area contributed by atoms with Gasteiger partial charge in [0.2, 0.25) is 11.8 Å². The monoisotopic (exact) mass is 482 g/mol. The SMILES string of the molecule is CCCNC(=O)[C@@H](C)N(Cc1ccc(Cl)cc1Cl)C(=O)CSCc1ccc(OC)cc1. The van der Waals surface area contributed by atoms with Crippen molar-refractivity contribution in [2.75, 3.05) is 19.4 Å². The fourth-order valence-electron chi connectivity index (χ4n) is 2.87. The maximum Gasteiger partial charge on any atom is 0.242 e. The molecule has 0 heterocycles. The smallest absolute Gasteiger partial charge is 0.242 e. The molecule has 0 aliphatic carbocycles. The Labute approximate surface area is 198 Å². The molecule has 2 amide bonds. The second-order valence-electron chi connectivity index (χ2n) is 7.07. The molecule has 2 aromatic rings. The first-order valence-electron chi connectivity index (χ1n) is 10.1. The summed E-state index contributed by atoms with van der Waals surface area (Å²) in [5, 5.41) is 3.86. The van der Waals surface area contributed by atoms with Crippen LogP contribution in [0, 0.1) is 0 Å². The van der Waals surface area contributed by atoms with Crippen LogP contribution >= 0.6 is 35.0 Å². The zero-order valence-corrected chi connectivity index (χ0v) is 20.3. The lowest BCUT2D eigenvalue weighted by Gasteiger charge is -2.29. The van der Waals surface area contributed by atoms with Crippen LogP contribution in [0.1, 0.15) is 31.4 Å². The molecule has 2 aromatic carbocycles. The largest absolute Gasteiger partial charge is 0.497 e. The van der Waals surface area contributed by atoms with Crippen molar-refractivity contribution in [3.63, 3.8) is 0 Å². The highest BCUT2D eigenvalue weighted by Crippen LogP contribution is 2.24. The third-order valence-electron chi connectivity index (χ3n) is 4.73. The molecule has 0 unspecified atom stereocenters. The molecule has 0 fully saturated rings. The molecule has 0 aliphatic heterocycles. The summed E-state index contributed by atoms with van der Waals surface area (Å²) in [5.74, 6) is 1.43. The Morgan fingerprint density at radius 2 is 1.87 bits per heavy atom. The molecule has 0 saturated carbocycles. The molecule has 0 aromatic heterocycles. The number of hydrogen-bond acceptors (Lipinski definition) is 4. The van der Waals surface area contributed by atoms with Crippen molar-refractivity contribution < 1.29 is 14.3 Å². The van der Waals surface area contributed by atoms with Crippen LogP contribution in [-0.4, -0.2) is 42.2 Å². The Morgan fingerprint density at radius 1 is 1.16 bits per heavy atom. The number of amides is 2. The number of ether oxygens (including phenoxy) is 1. The number of carbonyl (C=O) groups excluding carboxylic acids is 2. The van der Waals surface area contributed by atoms with Crippen LogP contribution in [0.4, 0.5) is 0 Å². The van der Waals surface area contributed by atoms with Crippen LogP contribution in [0.15, 0.2) is 42.5 Å². The van der Waals surface area contributed by atoms with Crippen molar-refractivity contribution in [3.8, 4) is 5.75 Å². The summed E-state index contributed by atoms with van der Waals surface area (Å²) >= 11 is 13.8. The van der Waals surface area contributed by atoms with E-state index >= 15 is 0 Å². The number of rotatable bonds is 11. The maximum atomic E-state index is 13.1. The van der Waals surface area contributed by atoms with Crippen LogP contribution in [0.3, 0.4) is 0 Å². The van der Waals surface area contributed by atoms with Crippen LogP contribution in [0.2, 0.25) is 10.0 Å². The summed E-state index contributed by atoms with van der Waals surface area (Å²) < 4.78 is 5.17. The number of carbonyl (C=O) groups is 2. The van der Waals surface area contributed by atoms with Gasteiger partial charge in [0.25, 0.3) is 0 Å². The summed E-state index contributed by atoms with van der Waals surface area (Å²) in [7, 11) is 1.63. The van der Waals surface area contributed by atoms with Gasteiger partial charge in [-0.15, -0.1) is 11.8 Å². The van der Waals surface area contributed by atoms with Gasteiger partial charge in [-0.25, -0.2) is 0 Å². The van der Waals surface area contributed by atoms with E-state index in [-0.39, 0.29) is 24.1 Å². The van der Waals surface area contributed by atoms with Crippen molar-refractivity contribution in [1.29, 1.82) is 0 Å². The summed E-state index contributed by atoms with van der Waals surface area (Å²) in [6, 6.07) is 12.3. The lowest BCUT2D eigenvalue weighted by molar-refractivity contribution is -0.138. The second-order valence-corrected chi connectivity index (χ2v) is 8.89. The quantitative estimate of drug-likeness (QED) is 0.479. The predicted octanol–water partition coefficient (Wildman–Crippen LogP) is 5.18. The summed E-state index contributed by atoms with van der Waals surface area (Å²) in [4.78, 5) is 27.2. The Kier molecular flexibility index (Phi) is 10.5. The van der Waals surface area contributed by atoms with E-state index in [2.05, 4.69) is 5.32 Å². The zero-order valence-electron chi connectivity index (χ0n) is 18.0. The summed E-state index contributed by atoms with van der Waals surface area (Å²) in [6.45, 7) is 4.52. The lowest BCUT2D eigenvalue weighted by Crippen LogP contribution is -2.48. The number of thioether (sulfide) groups is 1. The van der Waals surface area contributed by atoms with Gasteiger partial charge in [0.15, 0.2) is 0 Å². The molecule has 2 rings (SSSR count). The molecule has 1 atom stereocenters. The molecule has 0 saturated heterocycles. The minimum atomic E-state index is -0.618. The summed E-state index contributed by atoms with van der Waals surface area (Å²) in [5.41, 5.74) is 1.84. The first-order valence-corrected chi connectivity index (χ1v) is 12.0. The number of nitrogens with one attached hydrogen (secondary N) is 1. The van der Waals surface area contributed by atoms with E-state index in [1.165, 1.54) is 11.8 Å². The van der Waals surface area contributed by atoms with Gasteiger partial charge in [-0.3, -0.25) is 9.59 Å². The molecular weight excluding hydrogens is 455 g/mol. The highest BCUT2D eigenvalue weighted by Gasteiger charge is 2.26.